The van der Waals surface area contributed by atoms with Crippen molar-refractivity contribution in [3.05, 3.63) is 40.8 Å². The first kappa shape index (κ1) is 14.3. The molecule has 75 valence electrons. The van der Waals surface area contributed by atoms with Crippen LogP contribution >= 0.6 is 0 Å². The summed E-state index contributed by atoms with van der Waals surface area (Å²) in [6.07, 6.45) is 0. The molecule has 0 spiro atoms. The largest absolute Gasteiger partial charge is 0.313 e. The molecular formula is C13H19Y-. The number of benzene rings is 1. The Hall–Kier alpha value is 0.324. The summed E-state index contributed by atoms with van der Waals surface area (Å²) in [4.78, 5) is 0. The van der Waals surface area contributed by atoms with Crippen LogP contribution in [-0.2, 0) is 32.7 Å². The zero-order valence-electron chi connectivity index (χ0n) is 9.89. The van der Waals surface area contributed by atoms with Crippen LogP contribution in [0.25, 0.3) is 0 Å². The van der Waals surface area contributed by atoms with Crippen molar-refractivity contribution < 1.29 is 32.7 Å². The van der Waals surface area contributed by atoms with Crippen molar-refractivity contribution in [3.63, 3.8) is 0 Å². The van der Waals surface area contributed by atoms with Gasteiger partial charge >= 0.3 is 0 Å². The molecule has 1 unspecified atom stereocenters. The van der Waals surface area contributed by atoms with Crippen molar-refractivity contribution in [1.82, 2.24) is 0 Å². The first-order valence-corrected chi connectivity index (χ1v) is 4.90. The van der Waals surface area contributed by atoms with Gasteiger partial charge in [0, 0.05) is 32.7 Å². The van der Waals surface area contributed by atoms with Gasteiger partial charge in [-0.3, -0.25) is 0 Å². The molecular weight excluding hydrogens is 245 g/mol. The van der Waals surface area contributed by atoms with E-state index in [0.29, 0.717) is 5.92 Å². The van der Waals surface area contributed by atoms with Crippen molar-refractivity contribution in [2.24, 2.45) is 0 Å². The van der Waals surface area contributed by atoms with E-state index in [9.17, 15) is 0 Å². The standard InChI is InChI=1S/C13H19.Y/c1-9(2)12(5)13-10(3)7-6-8-11(13)4;/h6-8,12H,1-5H3;/q-1;. The summed E-state index contributed by atoms with van der Waals surface area (Å²) in [6.45, 7) is 11.1. The Labute approximate surface area is 113 Å². The summed E-state index contributed by atoms with van der Waals surface area (Å²) in [6, 6.07) is 6.52. The second kappa shape index (κ2) is 6.03. The second-order valence-electron chi connectivity index (χ2n) is 4.10. The van der Waals surface area contributed by atoms with E-state index in [-0.39, 0.29) is 32.7 Å². The molecule has 0 aliphatic rings. The molecule has 0 amide bonds. The Balaban J connectivity index is 0.00000169. The smallest absolute Gasteiger partial charge is 0 e. The molecule has 1 rings (SSSR count). The van der Waals surface area contributed by atoms with Crippen LogP contribution in [0.5, 0.6) is 0 Å². The summed E-state index contributed by atoms with van der Waals surface area (Å²) in [5, 5.41) is 0. The third-order valence-electron chi connectivity index (χ3n) is 2.84. The molecule has 0 heterocycles. The van der Waals surface area contributed by atoms with Gasteiger partial charge in [0.15, 0.2) is 0 Å². The van der Waals surface area contributed by atoms with Crippen LogP contribution in [0.2, 0.25) is 0 Å². The van der Waals surface area contributed by atoms with E-state index in [0.717, 1.165) is 0 Å². The first-order valence-electron chi connectivity index (χ1n) is 4.90. The summed E-state index contributed by atoms with van der Waals surface area (Å²) in [5.74, 6) is 2.07. The number of hydrogen-bond donors (Lipinski definition) is 0. The van der Waals surface area contributed by atoms with Crippen molar-refractivity contribution in [3.8, 4) is 0 Å². The van der Waals surface area contributed by atoms with Crippen LogP contribution in [0, 0.1) is 19.8 Å². The second-order valence-corrected chi connectivity index (χ2v) is 4.10. The van der Waals surface area contributed by atoms with E-state index in [2.05, 4.69) is 52.8 Å². The molecule has 0 bridgehead atoms. The maximum atomic E-state index is 2.28. The van der Waals surface area contributed by atoms with Gasteiger partial charge in [0.25, 0.3) is 0 Å². The quantitative estimate of drug-likeness (QED) is 0.708. The molecule has 0 aliphatic heterocycles. The monoisotopic (exact) mass is 264 g/mol. The minimum atomic E-state index is 0. The van der Waals surface area contributed by atoms with Gasteiger partial charge in [-0.25, -0.2) is 0 Å². The van der Waals surface area contributed by atoms with Crippen molar-refractivity contribution in [2.75, 3.05) is 0 Å². The van der Waals surface area contributed by atoms with E-state index >= 15 is 0 Å². The van der Waals surface area contributed by atoms with Crippen LogP contribution in [-0.4, -0.2) is 0 Å². The average Bonchev–Trinajstić information content (AvgIpc) is 2.03. The Kier molecular flexibility index (Phi) is 6.17. The van der Waals surface area contributed by atoms with Crippen molar-refractivity contribution in [1.29, 1.82) is 0 Å². The van der Waals surface area contributed by atoms with Crippen LogP contribution in [0.15, 0.2) is 18.2 Å². The molecule has 0 saturated carbocycles. The predicted molar refractivity (Wildman–Crippen MR) is 58.9 cm³/mol. The van der Waals surface area contributed by atoms with E-state index < -0.39 is 0 Å². The van der Waals surface area contributed by atoms with Gasteiger partial charge in [-0.1, -0.05) is 30.7 Å². The Morgan fingerprint density at radius 1 is 1.07 bits per heavy atom. The number of aryl methyl sites for hydroxylation is 2. The van der Waals surface area contributed by atoms with E-state index in [1.165, 1.54) is 22.6 Å². The van der Waals surface area contributed by atoms with E-state index in [1.54, 1.807) is 0 Å². The first-order chi connectivity index (χ1) is 6.04. The van der Waals surface area contributed by atoms with Crippen molar-refractivity contribution in [2.45, 2.75) is 40.5 Å². The fourth-order valence-electron chi connectivity index (χ4n) is 1.80. The molecule has 1 atom stereocenters. The van der Waals surface area contributed by atoms with Gasteiger partial charge in [0.1, 0.15) is 0 Å². The zero-order chi connectivity index (χ0) is 10.0. The third kappa shape index (κ3) is 3.17. The van der Waals surface area contributed by atoms with Gasteiger partial charge in [-0.15, -0.1) is 5.92 Å². The van der Waals surface area contributed by atoms with Gasteiger partial charge in [-0.05, 0) is 25.0 Å². The maximum absolute atomic E-state index is 2.28. The van der Waals surface area contributed by atoms with Gasteiger partial charge in [0.05, 0.1) is 0 Å². The molecule has 0 aromatic heterocycles. The van der Waals surface area contributed by atoms with Gasteiger partial charge < -0.3 is 5.92 Å². The molecule has 0 N–H and O–H groups in total. The Bertz CT molecular complexity index is 269. The van der Waals surface area contributed by atoms with Gasteiger partial charge in [-0.2, -0.15) is 13.8 Å². The minimum absolute atomic E-state index is 0. The fraction of sp³-hybridized carbons (Fsp3) is 0.462. The molecule has 1 radical (unpaired) electrons. The third-order valence-corrected chi connectivity index (χ3v) is 2.84. The Morgan fingerprint density at radius 3 is 1.86 bits per heavy atom. The topological polar surface area (TPSA) is 0 Å². The van der Waals surface area contributed by atoms with E-state index in [1.807, 2.05) is 0 Å². The van der Waals surface area contributed by atoms with Crippen LogP contribution in [0.1, 0.15) is 43.4 Å². The number of rotatable bonds is 2. The molecule has 0 nitrogen and oxygen atoms in total. The molecule has 1 aromatic carbocycles. The Morgan fingerprint density at radius 2 is 1.50 bits per heavy atom. The summed E-state index contributed by atoms with van der Waals surface area (Å²) in [7, 11) is 0. The summed E-state index contributed by atoms with van der Waals surface area (Å²) >= 11 is 0. The SMILES string of the molecule is Cc1cccc(C)c1C(C)[C-](C)C.[Y]. The number of hydrogen-bond acceptors (Lipinski definition) is 0. The summed E-state index contributed by atoms with van der Waals surface area (Å²) in [5.41, 5.74) is 4.32. The maximum Gasteiger partial charge on any atom is 0 e. The predicted octanol–water partition coefficient (Wildman–Crippen LogP) is 4.02. The van der Waals surface area contributed by atoms with Crippen LogP contribution in [0.4, 0.5) is 0 Å². The molecule has 1 aromatic rings. The van der Waals surface area contributed by atoms with Crippen LogP contribution in [0.3, 0.4) is 0 Å². The molecule has 14 heavy (non-hydrogen) atoms. The summed E-state index contributed by atoms with van der Waals surface area (Å²) < 4.78 is 0. The fourth-order valence-corrected chi connectivity index (χ4v) is 1.80. The molecule has 0 aliphatic carbocycles. The van der Waals surface area contributed by atoms with Crippen LogP contribution < -0.4 is 0 Å². The van der Waals surface area contributed by atoms with E-state index in [4.69, 9.17) is 0 Å². The molecule has 0 saturated heterocycles. The average molecular weight is 264 g/mol. The van der Waals surface area contributed by atoms with Gasteiger partial charge in [0.2, 0.25) is 0 Å². The molecule has 1 heteroatoms. The van der Waals surface area contributed by atoms with Crippen molar-refractivity contribution >= 4 is 0 Å². The zero-order valence-corrected chi connectivity index (χ0v) is 12.7. The normalized spacial score (nSPS) is 12.4. The molecule has 0 fully saturated rings. The minimum Gasteiger partial charge on any atom is -0.313 e.